The fourth-order valence-electron chi connectivity index (χ4n) is 11.6. The zero-order chi connectivity index (χ0) is 49.0. The van der Waals surface area contributed by atoms with E-state index >= 15 is 0 Å². The van der Waals surface area contributed by atoms with E-state index in [9.17, 15) is 0 Å². The Morgan fingerprint density at radius 3 is 1.14 bits per heavy atom. The van der Waals surface area contributed by atoms with Gasteiger partial charge in [0.1, 0.15) is 0 Å². The van der Waals surface area contributed by atoms with Crippen molar-refractivity contribution in [1.82, 2.24) is 19.5 Å². The zero-order valence-electron chi connectivity index (χ0n) is 40.3. The lowest BCUT2D eigenvalue weighted by Gasteiger charge is -2.36. The van der Waals surface area contributed by atoms with Gasteiger partial charge in [0.2, 0.25) is 5.95 Å². The summed E-state index contributed by atoms with van der Waals surface area (Å²) in [7, 11) is 0. The van der Waals surface area contributed by atoms with Gasteiger partial charge in [-0.05, 0) is 115 Å². The summed E-state index contributed by atoms with van der Waals surface area (Å²) in [4.78, 5) is 16.2. The summed E-state index contributed by atoms with van der Waals surface area (Å²) in [5.41, 5.74) is 19.2. The van der Waals surface area contributed by atoms with Crippen molar-refractivity contribution in [3.8, 4) is 84.4 Å². The van der Waals surface area contributed by atoms with Crippen molar-refractivity contribution in [1.29, 1.82) is 0 Å². The van der Waals surface area contributed by atoms with E-state index in [4.69, 9.17) is 15.0 Å². The standard InChI is InChI=1S/C70H46N4/c1-7-23-47(24-8-1)53-41-54(48-25-9-2-10-26-48)44-57(43-53)70(58-45-55(49-27-11-3-12-28-49)42-56(46-58)50-29-13-4-14-30-50)63-37-21-19-35-59(63)61-39-40-62-60-36-20-22-38-64(60)74(66(62)65(61)70)69-72-67(51-31-15-5-16-32-51)71-68(73-69)52-33-17-6-18-34-52/h1-46H. The van der Waals surface area contributed by atoms with E-state index in [2.05, 4.69) is 247 Å². The van der Waals surface area contributed by atoms with E-state index < -0.39 is 5.41 Å². The average Bonchev–Trinajstić information content (AvgIpc) is 3.99. The summed E-state index contributed by atoms with van der Waals surface area (Å²) in [5, 5.41) is 2.23. The minimum atomic E-state index is -0.919. The Kier molecular flexibility index (Phi) is 10.4. The predicted octanol–water partition coefficient (Wildman–Crippen LogP) is 17.3. The Morgan fingerprint density at radius 2 is 0.676 bits per heavy atom. The molecule has 0 radical (unpaired) electrons. The molecule has 0 aliphatic heterocycles. The molecule has 346 valence electrons. The molecule has 11 aromatic carbocycles. The first-order valence-corrected chi connectivity index (χ1v) is 25.3. The Hall–Kier alpha value is -9.77. The molecule has 0 spiro atoms. The number of nitrogens with zero attached hydrogens (tertiary/aromatic N) is 4. The fourth-order valence-corrected chi connectivity index (χ4v) is 11.6. The predicted molar refractivity (Wildman–Crippen MR) is 304 cm³/mol. The smallest absolute Gasteiger partial charge is 0.238 e. The molecule has 2 aromatic heterocycles. The monoisotopic (exact) mass is 942 g/mol. The van der Waals surface area contributed by atoms with E-state index in [1.807, 2.05) is 36.4 Å². The molecule has 0 bridgehead atoms. The van der Waals surface area contributed by atoms with Gasteiger partial charge in [0, 0.05) is 27.5 Å². The Balaban J connectivity index is 1.19. The van der Waals surface area contributed by atoms with Crippen LogP contribution in [0.2, 0.25) is 0 Å². The largest absolute Gasteiger partial charge is 0.277 e. The van der Waals surface area contributed by atoms with Gasteiger partial charge in [0.15, 0.2) is 11.6 Å². The van der Waals surface area contributed by atoms with E-state index in [0.29, 0.717) is 17.6 Å². The Labute approximate surface area is 430 Å². The first-order chi connectivity index (χ1) is 36.7. The first kappa shape index (κ1) is 43.1. The highest BCUT2D eigenvalue weighted by molar-refractivity contribution is 6.14. The van der Waals surface area contributed by atoms with Crippen LogP contribution in [0, 0.1) is 0 Å². The molecule has 2 heterocycles. The second-order valence-electron chi connectivity index (χ2n) is 19.1. The number of aromatic nitrogens is 4. The highest BCUT2D eigenvalue weighted by Gasteiger charge is 2.49. The van der Waals surface area contributed by atoms with E-state index in [1.165, 1.54) is 16.7 Å². The summed E-state index contributed by atoms with van der Waals surface area (Å²) >= 11 is 0. The average molecular weight is 943 g/mol. The summed E-state index contributed by atoms with van der Waals surface area (Å²) in [6.07, 6.45) is 0. The van der Waals surface area contributed by atoms with Crippen LogP contribution >= 0.6 is 0 Å². The van der Waals surface area contributed by atoms with Crippen molar-refractivity contribution in [2.45, 2.75) is 5.41 Å². The number of para-hydroxylation sites is 1. The first-order valence-electron chi connectivity index (χ1n) is 25.3. The molecule has 4 heteroatoms. The lowest BCUT2D eigenvalue weighted by Crippen LogP contribution is -2.30. The van der Waals surface area contributed by atoms with Gasteiger partial charge in [-0.25, -0.2) is 4.98 Å². The van der Waals surface area contributed by atoms with Crippen LogP contribution in [0.15, 0.2) is 279 Å². The van der Waals surface area contributed by atoms with Crippen LogP contribution in [-0.2, 0) is 5.41 Å². The zero-order valence-corrected chi connectivity index (χ0v) is 40.3. The summed E-state index contributed by atoms with van der Waals surface area (Å²) in [6, 6.07) is 101. The maximum absolute atomic E-state index is 5.50. The number of fused-ring (bicyclic) bond motifs is 7. The molecule has 1 aliphatic carbocycles. The molecule has 0 N–H and O–H groups in total. The summed E-state index contributed by atoms with van der Waals surface area (Å²) < 4.78 is 2.34. The molecule has 0 saturated heterocycles. The number of benzene rings is 11. The van der Waals surface area contributed by atoms with E-state index in [1.54, 1.807) is 0 Å². The SMILES string of the molecule is c1ccc(-c2cc(-c3ccccc3)cc(C3(c4cc(-c5ccccc5)cc(-c5ccccc5)c4)c4ccccc4-c4ccc5c6ccccc6n(-c6nc(-c7ccccc7)nc(-c7ccccc7)n6)c5c43)c2)cc1. The third-order valence-corrected chi connectivity index (χ3v) is 14.9. The Morgan fingerprint density at radius 1 is 0.284 bits per heavy atom. The van der Waals surface area contributed by atoms with Crippen LogP contribution in [0.5, 0.6) is 0 Å². The minimum absolute atomic E-state index is 0.549. The molecule has 0 amide bonds. The van der Waals surface area contributed by atoms with Gasteiger partial charge in [-0.3, -0.25) is 4.57 Å². The molecule has 4 nitrogen and oxygen atoms in total. The molecule has 0 atom stereocenters. The van der Waals surface area contributed by atoms with Gasteiger partial charge in [-0.2, -0.15) is 9.97 Å². The molecule has 1 aliphatic rings. The van der Waals surface area contributed by atoms with Crippen molar-refractivity contribution >= 4 is 21.8 Å². The van der Waals surface area contributed by atoms with Crippen LogP contribution in [0.25, 0.3) is 106 Å². The quantitative estimate of drug-likeness (QED) is 0.145. The minimum Gasteiger partial charge on any atom is -0.277 e. The summed E-state index contributed by atoms with van der Waals surface area (Å²) in [5.74, 6) is 1.76. The molecule has 0 saturated carbocycles. The number of rotatable bonds is 9. The highest BCUT2D eigenvalue weighted by atomic mass is 15.2. The van der Waals surface area contributed by atoms with Crippen LogP contribution in [0.4, 0.5) is 0 Å². The molecule has 14 rings (SSSR count). The van der Waals surface area contributed by atoms with Crippen LogP contribution < -0.4 is 0 Å². The third kappa shape index (κ3) is 7.10. The molecule has 0 unspecified atom stereocenters. The van der Waals surface area contributed by atoms with Gasteiger partial charge in [0.05, 0.1) is 16.4 Å². The lowest BCUT2D eigenvalue weighted by molar-refractivity contribution is 0.771. The molecule has 0 fully saturated rings. The van der Waals surface area contributed by atoms with E-state index in [-0.39, 0.29) is 0 Å². The molecular formula is C70H46N4. The maximum Gasteiger partial charge on any atom is 0.238 e. The fraction of sp³-hybridized carbons (Fsp3) is 0.0143. The highest BCUT2D eigenvalue weighted by Crippen LogP contribution is 2.60. The van der Waals surface area contributed by atoms with Crippen LogP contribution in [-0.4, -0.2) is 19.5 Å². The lowest BCUT2D eigenvalue weighted by atomic mass is 9.65. The molecule has 74 heavy (non-hydrogen) atoms. The topological polar surface area (TPSA) is 43.6 Å². The van der Waals surface area contributed by atoms with Crippen molar-refractivity contribution in [2.75, 3.05) is 0 Å². The number of hydrogen-bond acceptors (Lipinski definition) is 3. The third-order valence-electron chi connectivity index (χ3n) is 14.9. The van der Waals surface area contributed by atoms with Gasteiger partial charge in [0.25, 0.3) is 0 Å². The second kappa shape index (κ2) is 17.8. The van der Waals surface area contributed by atoms with Crippen LogP contribution in [0.3, 0.4) is 0 Å². The van der Waals surface area contributed by atoms with Crippen molar-refractivity contribution < 1.29 is 0 Å². The molecule has 13 aromatic rings. The van der Waals surface area contributed by atoms with Crippen molar-refractivity contribution in [3.63, 3.8) is 0 Å². The van der Waals surface area contributed by atoms with Gasteiger partial charge in [-0.1, -0.05) is 237 Å². The van der Waals surface area contributed by atoms with Gasteiger partial charge < -0.3 is 0 Å². The molecular weight excluding hydrogens is 897 g/mol. The van der Waals surface area contributed by atoms with Crippen molar-refractivity contribution in [3.05, 3.63) is 301 Å². The second-order valence-corrected chi connectivity index (χ2v) is 19.1. The van der Waals surface area contributed by atoms with Crippen molar-refractivity contribution in [2.24, 2.45) is 0 Å². The van der Waals surface area contributed by atoms with Gasteiger partial charge in [-0.15, -0.1) is 0 Å². The normalized spacial score (nSPS) is 12.4. The van der Waals surface area contributed by atoms with Crippen LogP contribution in [0.1, 0.15) is 22.3 Å². The number of hydrogen-bond donors (Lipinski definition) is 0. The summed E-state index contributed by atoms with van der Waals surface area (Å²) in [6.45, 7) is 0. The Bertz CT molecular complexity index is 3910. The van der Waals surface area contributed by atoms with Gasteiger partial charge >= 0.3 is 0 Å². The van der Waals surface area contributed by atoms with E-state index in [0.717, 1.165) is 94.1 Å². The maximum atomic E-state index is 5.50.